The molecule has 0 radical (unpaired) electrons. The van der Waals surface area contributed by atoms with Crippen molar-refractivity contribution in [3.8, 4) is 11.5 Å². The third-order valence-electron chi connectivity index (χ3n) is 4.39. The van der Waals surface area contributed by atoms with Crippen LogP contribution in [-0.2, 0) is 4.74 Å². The summed E-state index contributed by atoms with van der Waals surface area (Å²) in [6, 6.07) is 11.2. The molecule has 1 heterocycles. The number of ether oxygens (including phenoxy) is 3. The minimum atomic E-state index is -0.0731. The van der Waals surface area contributed by atoms with Gasteiger partial charge in [0.2, 0.25) is 0 Å². The predicted octanol–water partition coefficient (Wildman–Crippen LogP) is 4.09. The van der Waals surface area contributed by atoms with Gasteiger partial charge in [0.15, 0.2) is 17.3 Å². The molecule has 1 saturated heterocycles. The third-order valence-corrected chi connectivity index (χ3v) is 4.67. The maximum Gasteiger partial charge on any atom is 0.185 e. The second-order valence-electron chi connectivity index (χ2n) is 6.09. The summed E-state index contributed by atoms with van der Waals surface area (Å²) in [6.07, 6.45) is 3.26. The summed E-state index contributed by atoms with van der Waals surface area (Å²) in [5.74, 6) is 0.920. The highest BCUT2D eigenvalue weighted by Crippen LogP contribution is 2.36. The molecule has 0 spiro atoms. The Morgan fingerprint density at radius 3 is 2.63 bits per heavy atom. The van der Waals surface area contributed by atoms with Gasteiger partial charge in [-0.25, -0.2) is 0 Å². The molecule has 0 aliphatic carbocycles. The van der Waals surface area contributed by atoms with Gasteiger partial charge in [0.25, 0.3) is 0 Å². The standard InChI is InChI=1S/C21H22ClNO4/c1-25-20-13-15(12-18(22)21(20)26-2)6-7-19(24)16-4-3-5-17(14-16)23-8-10-27-11-9-23/h3-7,12-14H,8-11H2,1-2H3. The zero-order chi connectivity index (χ0) is 19.2. The Morgan fingerprint density at radius 1 is 1.15 bits per heavy atom. The lowest BCUT2D eigenvalue weighted by atomic mass is 10.1. The number of anilines is 1. The molecule has 6 heteroatoms. The molecule has 0 atom stereocenters. The number of morpholine rings is 1. The van der Waals surface area contributed by atoms with Crippen LogP contribution in [-0.4, -0.2) is 46.3 Å². The lowest BCUT2D eigenvalue weighted by Gasteiger charge is -2.29. The van der Waals surface area contributed by atoms with Crippen LogP contribution in [0.15, 0.2) is 42.5 Å². The Kier molecular flexibility index (Phi) is 6.37. The number of benzene rings is 2. The molecular formula is C21H22ClNO4. The number of allylic oxidation sites excluding steroid dienone is 1. The van der Waals surface area contributed by atoms with Gasteiger partial charge in [-0.3, -0.25) is 4.79 Å². The van der Waals surface area contributed by atoms with Crippen molar-refractivity contribution in [3.05, 3.63) is 58.6 Å². The molecule has 27 heavy (non-hydrogen) atoms. The van der Waals surface area contributed by atoms with Crippen LogP contribution in [0.4, 0.5) is 5.69 Å². The highest BCUT2D eigenvalue weighted by atomic mass is 35.5. The fourth-order valence-electron chi connectivity index (χ4n) is 2.98. The first-order chi connectivity index (χ1) is 13.1. The largest absolute Gasteiger partial charge is 0.493 e. The number of hydrogen-bond acceptors (Lipinski definition) is 5. The first-order valence-electron chi connectivity index (χ1n) is 8.69. The fraction of sp³-hybridized carbons (Fsp3) is 0.286. The number of ketones is 1. The second-order valence-corrected chi connectivity index (χ2v) is 6.49. The monoisotopic (exact) mass is 387 g/mol. The van der Waals surface area contributed by atoms with E-state index >= 15 is 0 Å². The zero-order valence-electron chi connectivity index (χ0n) is 15.4. The van der Waals surface area contributed by atoms with Gasteiger partial charge >= 0.3 is 0 Å². The normalized spacial score (nSPS) is 14.4. The minimum absolute atomic E-state index is 0.0731. The van der Waals surface area contributed by atoms with Gasteiger partial charge in [-0.1, -0.05) is 29.8 Å². The lowest BCUT2D eigenvalue weighted by molar-refractivity contribution is 0.104. The number of methoxy groups -OCH3 is 2. The van der Waals surface area contributed by atoms with E-state index in [1.165, 1.54) is 13.2 Å². The van der Waals surface area contributed by atoms with Crippen LogP contribution in [0, 0.1) is 0 Å². The van der Waals surface area contributed by atoms with Crippen LogP contribution in [0.1, 0.15) is 15.9 Å². The van der Waals surface area contributed by atoms with E-state index in [1.54, 1.807) is 25.3 Å². The highest BCUT2D eigenvalue weighted by molar-refractivity contribution is 6.32. The molecule has 1 aliphatic heterocycles. The van der Waals surface area contributed by atoms with E-state index in [9.17, 15) is 4.79 Å². The summed E-state index contributed by atoms with van der Waals surface area (Å²) in [7, 11) is 3.08. The molecule has 2 aromatic carbocycles. The predicted molar refractivity (Wildman–Crippen MR) is 107 cm³/mol. The molecule has 0 bridgehead atoms. The number of rotatable bonds is 6. The summed E-state index contributed by atoms with van der Waals surface area (Å²) in [4.78, 5) is 14.8. The van der Waals surface area contributed by atoms with Gasteiger partial charge in [0, 0.05) is 24.3 Å². The van der Waals surface area contributed by atoms with E-state index in [0.717, 1.165) is 24.3 Å². The Bertz CT molecular complexity index is 844. The molecule has 2 aromatic rings. The number of hydrogen-bond donors (Lipinski definition) is 0. The van der Waals surface area contributed by atoms with Gasteiger partial charge in [0.05, 0.1) is 32.5 Å². The van der Waals surface area contributed by atoms with Crippen LogP contribution < -0.4 is 14.4 Å². The maximum absolute atomic E-state index is 12.6. The van der Waals surface area contributed by atoms with Crippen LogP contribution in [0.5, 0.6) is 11.5 Å². The first-order valence-corrected chi connectivity index (χ1v) is 9.07. The highest BCUT2D eigenvalue weighted by Gasteiger charge is 2.13. The molecule has 0 N–H and O–H groups in total. The quantitative estimate of drug-likeness (QED) is 0.552. The number of carbonyl (C=O) groups excluding carboxylic acids is 1. The van der Waals surface area contributed by atoms with Crippen LogP contribution in [0.2, 0.25) is 5.02 Å². The Labute approximate surface area is 164 Å². The van der Waals surface area contributed by atoms with Crippen molar-refractivity contribution in [2.24, 2.45) is 0 Å². The van der Waals surface area contributed by atoms with Crippen molar-refractivity contribution in [2.45, 2.75) is 0 Å². The van der Waals surface area contributed by atoms with Crippen molar-refractivity contribution in [2.75, 3.05) is 45.4 Å². The third kappa shape index (κ3) is 4.62. The molecule has 0 saturated carbocycles. The zero-order valence-corrected chi connectivity index (χ0v) is 16.2. The average Bonchev–Trinajstić information content (AvgIpc) is 2.72. The summed E-state index contributed by atoms with van der Waals surface area (Å²) in [5.41, 5.74) is 2.43. The molecule has 0 amide bonds. The molecule has 142 valence electrons. The van der Waals surface area contributed by atoms with Gasteiger partial charge in [-0.2, -0.15) is 0 Å². The van der Waals surface area contributed by atoms with Crippen molar-refractivity contribution >= 4 is 29.1 Å². The second kappa shape index (κ2) is 8.93. The van der Waals surface area contributed by atoms with Gasteiger partial charge in [0.1, 0.15) is 0 Å². The van der Waals surface area contributed by atoms with E-state index in [0.29, 0.717) is 35.3 Å². The van der Waals surface area contributed by atoms with Crippen molar-refractivity contribution < 1.29 is 19.0 Å². The van der Waals surface area contributed by atoms with E-state index in [4.69, 9.17) is 25.8 Å². The molecular weight excluding hydrogens is 366 g/mol. The van der Waals surface area contributed by atoms with Crippen LogP contribution >= 0.6 is 11.6 Å². The van der Waals surface area contributed by atoms with Crippen molar-refractivity contribution in [1.82, 2.24) is 0 Å². The fourth-order valence-corrected chi connectivity index (χ4v) is 3.28. The maximum atomic E-state index is 12.6. The van der Waals surface area contributed by atoms with Crippen molar-refractivity contribution in [1.29, 1.82) is 0 Å². The number of halogens is 1. The topological polar surface area (TPSA) is 48.0 Å². The van der Waals surface area contributed by atoms with Gasteiger partial charge in [-0.05, 0) is 35.9 Å². The summed E-state index contributed by atoms with van der Waals surface area (Å²) >= 11 is 6.21. The summed E-state index contributed by atoms with van der Waals surface area (Å²) < 4.78 is 15.9. The number of carbonyl (C=O) groups is 1. The molecule has 0 aromatic heterocycles. The summed E-state index contributed by atoms with van der Waals surface area (Å²) in [6.45, 7) is 3.07. The van der Waals surface area contributed by atoms with Crippen molar-refractivity contribution in [3.63, 3.8) is 0 Å². The Hall–Kier alpha value is -2.50. The Balaban J connectivity index is 1.78. The van der Waals surface area contributed by atoms with Crippen LogP contribution in [0.25, 0.3) is 6.08 Å². The Morgan fingerprint density at radius 2 is 1.93 bits per heavy atom. The van der Waals surface area contributed by atoms with E-state index < -0.39 is 0 Å². The molecule has 1 aliphatic rings. The molecule has 0 unspecified atom stereocenters. The van der Waals surface area contributed by atoms with Gasteiger partial charge < -0.3 is 19.1 Å². The molecule has 5 nitrogen and oxygen atoms in total. The smallest absolute Gasteiger partial charge is 0.185 e. The molecule has 3 rings (SSSR count). The first kappa shape index (κ1) is 19.3. The van der Waals surface area contributed by atoms with E-state index in [2.05, 4.69) is 4.90 Å². The van der Waals surface area contributed by atoms with Gasteiger partial charge in [-0.15, -0.1) is 0 Å². The minimum Gasteiger partial charge on any atom is -0.493 e. The average molecular weight is 388 g/mol. The van der Waals surface area contributed by atoms with Crippen LogP contribution in [0.3, 0.4) is 0 Å². The number of nitrogens with zero attached hydrogens (tertiary/aromatic N) is 1. The van der Waals surface area contributed by atoms with E-state index in [-0.39, 0.29) is 5.78 Å². The molecule has 1 fully saturated rings. The summed E-state index contributed by atoms with van der Waals surface area (Å²) in [5, 5.41) is 0.429. The van der Waals surface area contributed by atoms with E-state index in [1.807, 2.05) is 24.3 Å². The SMILES string of the molecule is COc1cc(C=CC(=O)c2cccc(N3CCOCC3)c2)cc(Cl)c1OC. The lowest BCUT2D eigenvalue weighted by Crippen LogP contribution is -2.36.